The van der Waals surface area contributed by atoms with Crippen LogP contribution >= 0.6 is 23.2 Å². The fourth-order valence-electron chi connectivity index (χ4n) is 4.73. The van der Waals surface area contributed by atoms with Crippen LogP contribution in [0, 0.1) is 5.82 Å². The third-order valence-corrected chi connectivity index (χ3v) is 7.40. The van der Waals surface area contributed by atoms with Crippen LogP contribution in [-0.4, -0.2) is 75.5 Å². The van der Waals surface area contributed by atoms with Crippen molar-refractivity contribution in [3.05, 3.63) is 51.9 Å². The van der Waals surface area contributed by atoms with Crippen molar-refractivity contribution >= 4 is 35.0 Å². The van der Waals surface area contributed by atoms with Crippen molar-refractivity contribution in [1.82, 2.24) is 30.1 Å². The van der Waals surface area contributed by atoms with Gasteiger partial charge in [-0.05, 0) is 47.9 Å². The number of aromatic nitrogens is 5. The molecule has 1 N–H and O–H groups in total. The SMILES string of the molecule is Fc1ccc(-n2nnnc2NCc2cccnc2N2CCCN(C3CCOCC3)CC2)c(Cl)c1Cl. The number of hydrogen-bond acceptors (Lipinski definition) is 8. The largest absolute Gasteiger partial charge is 0.381 e. The first-order valence-electron chi connectivity index (χ1n) is 11.8. The van der Waals surface area contributed by atoms with Crippen molar-refractivity contribution in [2.75, 3.05) is 49.6 Å². The number of pyridine rings is 1. The van der Waals surface area contributed by atoms with Gasteiger partial charge in [-0.3, -0.25) is 4.90 Å². The summed E-state index contributed by atoms with van der Waals surface area (Å²) in [5, 5.41) is 14.9. The maximum Gasteiger partial charge on any atom is 0.248 e. The summed E-state index contributed by atoms with van der Waals surface area (Å²) in [5.74, 6) is 0.720. The molecule has 35 heavy (non-hydrogen) atoms. The summed E-state index contributed by atoms with van der Waals surface area (Å²) in [4.78, 5) is 9.67. The van der Waals surface area contributed by atoms with Crippen LogP contribution in [0.1, 0.15) is 24.8 Å². The van der Waals surface area contributed by atoms with Crippen molar-refractivity contribution in [3.8, 4) is 5.69 Å². The van der Waals surface area contributed by atoms with E-state index in [0.29, 0.717) is 24.2 Å². The highest BCUT2D eigenvalue weighted by Gasteiger charge is 2.25. The van der Waals surface area contributed by atoms with Gasteiger partial charge in [-0.15, -0.1) is 0 Å². The molecule has 0 radical (unpaired) electrons. The first-order valence-corrected chi connectivity index (χ1v) is 12.5. The van der Waals surface area contributed by atoms with Crippen LogP contribution in [0.2, 0.25) is 10.0 Å². The minimum absolute atomic E-state index is 0.0442. The Morgan fingerprint density at radius 1 is 1.06 bits per heavy atom. The van der Waals surface area contributed by atoms with E-state index in [2.05, 4.69) is 30.6 Å². The Hall–Kier alpha value is -2.53. The third kappa shape index (κ3) is 5.35. The van der Waals surface area contributed by atoms with Crippen LogP contribution in [0.4, 0.5) is 16.2 Å². The quantitative estimate of drug-likeness (QED) is 0.491. The highest BCUT2D eigenvalue weighted by molar-refractivity contribution is 6.43. The average molecular weight is 521 g/mol. The van der Waals surface area contributed by atoms with Gasteiger partial charge in [-0.2, -0.15) is 4.68 Å². The van der Waals surface area contributed by atoms with Gasteiger partial charge in [0.05, 0.1) is 15.7 Å². The second kappa shape index (κ2) is 11.0. The lowest BCUT2D eigenvalue weighted by Gasteiger charge is -2.33. The number of anilines is 2. The lowest BCUT2D eigenvalue weighted by atomic mass is 10.1. The molecule has 2 aliphatic heterocycles. The molecule has 0 amide bonds. The number of halogens is 3. The van der Waals surface area contributed by atoms with E-state index >= 15 is 0 Å². The Morgan fingerprint density at radius 3 is 2.77 bits per heavy atom. The maximum absolute atomic E-state index is 13.7. The Morgan fingerprint density at radius 2 is 1.91 bits per heavy atom. The molecule has 2 aliphatic rings. The Labute approximate surface area is 213 Å². The molecule has 12 heteroatoms. The number of rotatable bonds is 6. The molecule has 4 heterocycles. The third-order valence-electron chi connectivity index (χ3n) is 6.55. The molecule has 9 nitrogen and oxygen atoms in total. The molecule has 5 rings (SSSR count). The summed E-state index contributed by atoms with van der Waals surface area (Å²) in [6.45, 7) is 6.14. The molecule has 2 saturated heterocycles. The van der Waals surface area contributed by atoms with E-state index in [-0.39, 0.29) is 10.0 Å². The monoisotopic (exact) mass is 520 g/mol. The lowest BCUT2D eigenvalue weighted by Crippen LogP contribution is -2.41. The summed E-state index contributed by atoms with van der Waals surface area (Å²) in [6.07, 6.45) is 5.13. The molecule has 1 aromatic carbocycles. The van der Waals surface area contributed by atoms with Gasteiger partial charge in [-0.25, -0.2) is 9.37 Å². The van der Waals surface area contributed by atoms with E-state index in [1.807, 2.05) is 18.3 Å². The van der Waals surface area contributed by atoms with Crippen molar-refractivity contribution < 1.29 is 9.13 Å². The molecule has 0 spiro atoms. The highest BCUT2D eigenvalue weighted by atomic mass is 35.5. The topological polar surface area (TPSA) is 84.2 Å². The summed E-state index contributed by atoms with van der Waals surface area (Å²) in [7, 11) is 0. The molecule has 2 fully saturated rings. The predicted octanol–water partition coefficient (Wildman–Crippen LogP) is 3.81. The van der Waals surface area contributed by atoms with Crippen molar-refractivity contribution in [2.24, 2.45) is 0 Å². The van der Waals surface area contributed by atoms with Gasteiger partial charge in [0.1, 0.15) is 11.6 Å². The molecule has 186 valence electrons. The zero-order chi connectivity index (χ0) is 24.2. The Kier molecular flexibility index (Phi) is 7.62. The van der Waals surface area contributed by atoms with Crippen molar-refractivity contribution in [2.45, 2.75) is 31.8 Å². The van der Waals surface area contributed by atoms with Crippen molar-refractivity contribution in [1.29, 1.82) is 0 Å². The summed E-state index contributed by atoms with van der Waals surface area (Å²) >= 11 is 12.2. The van der Waals surface area contributed by atoms with Gasteiger partial charge in [0.15, 0.2) is 0 Å². The minimum atomic E-state index is -0.601. The predicted molar refractivity (Wildman–Crippen MR) is 133 cm³/mol. The van der Waals surface area contributed by atoms with Crippen LogP contribution < -0.4 is 10.2 Å². The average Bonchev–Trinajstić information content (AvgIpc) is 3.21. The van der Waals surface area contributed by atoms with Crippen molar-refractivity contribution in [3.63, 3.8) is 0 Å². The summed E-state index contributed by atoms with van der Waals surface area (Å²) in [6, 6.07) is 7.30. The van der Waals surface area contributed by atoms with E-state index in [1.165, 1.54) is 16.8 Å². The number of hydrogen-bond donors (Lipinski definition) is 1. The van der Waals surface area contributed by atoms with E-state index in [1.54, 1.807) is 0 Å². The van der Waals surface area contributed by atoms with Gasteiger partial charge in [0.2, 0.25) is 5.95 Å². The number of nitrogens with one attached hydrogen (secondary N) is 1. The van der Waals surface area contributed by atoms with Crippen LogP contribution in [0.5, 0.6) is 0 Å². The van der Waals surface area contributed by atoms with E-state index in [0.717, 1.165) is 70.0 Å². The zero-order valence-electron chi connectivity index (χ0n) is 19.2. The lowest BCUT2D eigenvalue weighted by molar-refractivity contribution is 0.0365. The molecule has 0 bridgehead atoms. The Bertz CT molecular complexity index is 1160. The molecule has 3 aromatic rings. The molecule has 0 saturated carbocycles. The number of ether oxygens (including phenoxy) is 1. The molecular weight excluding hydrogens is 494 g/mol. The molecule has 0 aliphatic carbocycles. The normalized spacial score (nSPS) is 18.0. The van der Waals surface area contributed by atoms with E-state index < -0.39 is 5.82 Å². The van der Waals surface area contributed by atoms with Crippen LogP contribution in [-0.2, 0) is 11.3 Å². The second-order valence-electron chi connectivity index (χ2n) is 8.67. The standard InChI is InChI=1S/C23H27Cl2FN8O/c24-20-18(26)4-5-19(21(20)25)34-23(29-30-31-34)28-15-16-3-1-8-27-22(16)33-10-2-9-32(11-12-33)17-6-13-35-14-7-17/h1,3-5,8,17H,2,6-7,9-15H2,(H,28,29,31). The van der Waals surface area contributed by atoms with Gasteiger partial charge < -0.3 is 15.0 Å². The summed E-state index contributed by atoms with van der Waals surface area (Å²) in [5.41, 5.74) is 1.42. The molecular formula is C23H27Cl2FN8O. The van der Waals surface area contributed by atoms with Gasteiger partial charge in [0, 0.05) is 63.7 Å². The fourth-order valence-corrected chi connectivity index (χ4v) is 5.12. The smallest absolute Gasteiger partial charge is 0.248 e. The number of nitrogens with zero attached hydrogens (tertiary/aromatic N) is 7. The van der Waals surface area contributed by atoms with Crippen LogP contribution in [0.25, 0.3) is 5.69 Å². The summed E-state index contributed by atoms with van der Waals surface area (Å²) < 4.78 is 20.7. The van der Waals surface area contributed by atoms with Crippen LogP contribution in [0.3, 0.4) is 0 Å². The Balaban J connectivity index is 1.29. The van der Waals surface area contributed by atoms with E-state index in [4.69, 9.17) is 32.9 Å². The first-order chi connectivity index (χ1) is 17.1. The zero-order valence-corrected chi connectivity index (χ0v) is 20.7. The van der Waals surface area contributed by atoms with Gasteiger partial charge in [0.25, 0.3) is 0 Å². The molecule has 0 unspecified atom stereocenters. The fraction of sp³-hybridized carbons (Fsp3) is 0.478. The molecule has 0 atom stereocenters. The van der Waals surface area contributed by atoms with Crippen LogP contribution in [0.15, 0.2) is 30.5 Å². The van der Waals surface area contributed by atoms with Gasteiger partial charge >= 0.3 is 0 Å². The highest BCUT2D eigenvalue weighted by Crippen LogP contribution is 2.32. The van der Waals surface area contributed by atoms with E-state index in [9.17, 15) is 4.39 Å². The first kappa shape index (κ1) is 24.2. The van der Waals surface area contributed by atoms with Gasteiger partial charge in [-0.1, -0.05) is 34.4 Å². The number of benzene rings is 1. The maximum atomic E-state index is 13.7. The minimum Gasteiger partial charge on any atom is -0.381 e. The second-order valence-corrected chi connectivity index (χ2v) is 9.42. The number of tetrazole rings is 1. The molecule has 2 aromatic heterocycles.